The van der Waals surface area contributed by atoms with Crippen molar-refractivity contribution in [2.45, 2.75) is 40.2 Å². The number of pyridine rings is 1. The predicted octanol–water partition coefficient (Wildman–Crippen LogP) is 2.37. The molecule has 1 unspecified atom stereocenters. The molecule has 2 aliphatic rings. The van der Waals surface area contributed by atoms with Gasteiger partial charge in [-0.15, -0.1) is 0 Å². The van der Waals surface area contributed by atoms with E-state index in [1.165, 1.54) is 6.07 Å². The van der Waals surface area contributed by atoms with E-state index >= 15 is 0 Å². The van der Waals surface area contributed by atoms with Gasteiger partial charge in [0.05, 0.1) is 0 Å². The molecule has 180 valence electrons. The number of aromatic hydroxyl groups is 1. The quantitative estimate of drug-likeness (QED) is 0.597. The summed E-state index contributed by atoms with van der Waals surface area (Å²) < 4.78 is 0. The van der Waals surface area contributed by atoms with E-state index in [0.29, 0.717) is 37.3 Å². The smallest absolute Gasteiger partial charge is 0.322 e. The number of rotatable bonds is 4. The van der Waals surface area contributed by atoms with Crippen LogP contribution in [0.2, 0.25) is 0 Å². The average molecular weight is 466 g/mol. The molecule has 2 aliphatic heterocycles. The number of carbonyl (C=O) groups excluding carboxylic acids is 3. The molecule has 1 aromatic carbocycles. The van der Waals surface area contributed by atoms with Crippen LogP contribution in [-0.4, -0.2) is 59.0 Å². The van der Waals surface area contributed by atoms with Crippen LogP contribution >= 0.6 is 0 Å². The van der Waals surface area contributed by atoms with Gasteiger partial charge in [0, 0.05) is 43.5 Å². The number of phenolic OH excluding ortho intramolecular Hbond substituents is 1. The number of amides is 4. The van der Waals surface area contributed by atoms with Crippen LogP contribution in [0.25, 0.3) is 0 Å². The van der Waals surface area contributed by atoms with Crippen molar-refractivity contribution in [2.75, 3.05) is 31.1 Å². The first kappa shape index (κ1) is 23.5. The third-order valence-corrected chi connectivity index (χ3v) is 6.81. The number of aryl methyl sites for hydroxylation is 3. The van der Waals surface area contributed by atoms with Crippen LogP contribution in [0.4, 0.5) is 10.6 Å². The highest BCUT2D eigenvalue weighted by Gasteiger charge is 2.51. The van der Waals surface area contributed by atoms with Gasteiger partial charge in [0.1, 0.15) is 11.6 Å². The van der Waals surface area contributed by atoms with E-state index in [0.717, 1.165) is 16.9 Å². The molecule has 0 aliphatic carbocycles. The highest BCUT2D eigenvalue weighted by atomic mass is 16.3. The van der Waals surface area contributed by atoms with Gasteiger partial charge in [-0.05, 0) is 55.5 Å². The fourth-order valence-electron chi connectivity index (χ4n) is 4.95. The van der Waals surface area contributed by atoms with Crippen molar-refractivity contribution in [3.8, 4) is 5.75 Å². The number of carbonyl (C=O) groups is 3. The van der Waals surface area contributed by atoms with Crippen molar-refractivity contribution in [1.82, 2.24) is 20.5 Å². The standard InChI is InChI=1S/C25H31N5O4/c1-14(2)25(23(33)27-24(34)28-25)19-11-16(4)18(12-20(19)31)22(32)30-8-6-29(7-9-30)21-17(5)10-15(3)13-26-21/h10-14,31H,6-9H2,1-5H3,(H2,27,28,33,34). The van der Waals surface area contributed by atoms with Crippen molar-refractivity contribution in [2.24, 2.45) is 5.92 Å². The number of phenols is 1. The molecule has 0 saturated carbocycles. The average Bonchev–Trinajstić information content (AvgIpc) is 3.09. The zero-order chi connectivity index (χ0) is 24.8. The number of piperazine rings is 1. The number of nitrogens with zero attached hydrogens (tertiary/aromatic N) is 3. The van der Waals surface area contributed by atoms with Crippen molar-refractivity contribution >= 4 is 23.7 Å². The molecule has 1 atom stereocenters. The largest absolute Gasteiger partial charge is 0.508 e. The van der Waals surface area contributed by atoms with Gasteiger partial charge in [0.15, 0.2) is 5.54 Å². The Morgan fingerprint density at radius 1 is 1.06 bits per heavy atom. The second kappa shape index (κ2) is 8.62. The lowest BCUT2D eigenvalue weighted by Crippen LogP contribution is -2.49. The van der Waals surface area contributed by atoms with Crippen LogP contribution in [0.5, 0.6) is 5.75 Å². The number of hydrogen-bond donors (Lipinski definition) is 3. The minimum atomic E-state index is -1.39. The number of anilines is 1. The second-order valence-corrected chi connectivity index (χ2v) is 9.49. The van der Waals surface area contributed by atoms with Gasteiger partial charge in [-0.2, -0.15) is 0 Å². The Morgan fingerprint density at radius 3 is 2.29 bits per heavy atom. The van der Waals surface area contributed by atoms with E-state index in [2.05, 4.69) is 26.6 Å². The topological polar surface area (TPSA) is 115 Å². The molecular weight excluding hydrogens is 434 g/mol. The second-order valence-electron chi connectivity index (χ2n) is 9.49. The lowest BCUT2D eigenvalue weighted by molar-refractivity contribution is -0.125. The lowest BCUT2D eigenvalue weighted by atomic mass is 9.78. The van der Waals surface area contributed by atoms with E-state index in [1.54, 1.807) is 31.7 Å². The Morgan fingerprint density at radius 2 is 1.74 bits per heavy atom. The summed E-state index contributed by atoms with van der Waals surface area (Å²) in [7, 11) is 0. The number of urea groups is 1. The number of imide groups is 1. The summed E-state index contributed by atoms with van der Waals surface area (Å²) in [5.41, 5.74) is 2.12. The normalized spacial score (nSPS) is 20.5. The Bertz CT molecular complexity index is 1170. The lowest BCUT2D eigenvalue weighted by Gasteiger charge is -2.36. The molecule has 9 heteroatoms. The first-order valence-electron chi connectivity index (χ1n) is 11.5. The highest BCUT2D eigenvalue weighted by molar-refractivity contribution is 6.08. The van der Waals surface area contributed by atoms with Crippen LogP contribution in [0.3, 0.4) is 0 Å². The molecule has 2 saturated heterocycles. The molecule has 3 heterocycles. The summed E-state index contributed by atoms with van der Waals surface area (Å²) in [4.78, 5) is 46.4. The molecule has 0 spiro atoms. The first-order chi connectivity index (χ1) is 16.0. The van der Waals surface area contributed by atoms with Crippen LogP contribution < -0.4 is 15.5 Å². The molecule has 9 nitrogen and oxygen atoms in total. The third-order valence-electron chi connectivity index (χ3n) is 6.81. The van der Waals surface area contributed by atoms with Crippen molar-refractivity contribution < 1.29 is 19.5 Å². The summed E-state index contributed by atoms with van der Waals surface area (Å²) in [6.07, 6.45) is 1.85. The number of nitrogens with one attached hydrogen (secondary N) is 2. The van der Waals surface area contributed by atoms with Gasteiger partial charge in [-0.25, -0.2) is 9.78 Å². The monoisotopic (exact) mass is 465 g/mol. The molecular formula is C25H31N5O4. The zero-order valence-corrected chi connectivity index (χ0v) is 20.2. The van der Waals surface area contributed by atoms with Gasteiger partial charge >= 0.3 is 6.03 Å². The molecule has 4 amide bonds. The Labute approximate surface area is 199 Å². The molecule has 2 aromatic rings. The summed E-state index contributed by atoms with van der Waals surface area (Å²) in [5.74, 6) is -0.272. The Kier molecular flexibility index (Phi) is 5.97. The number of benzene rings is 1. The Hall–Kier alpha value is -3.62. The fraction of sp³-hybridized carbons (Fsp3) is 0.440. The van der Waals surface area contributed by atoms with Crippen LogP contribution in [0.1, 0.15) is 46.5 Å². The molecule has 0 bridgehead atoms. The van der Waals surface area contributed by atoms with Gasteiger partial charge in [0.25, 0.3) is 11.8 Å². The molecule has 3 N–H and O–H groups in total. The van der Waals surface area contributed by atoms with Crippen molar-refractivity contribution in [1.29, 1.82) is 0 Å². The van der Waals surface area contributed by atoms with Gasteiger partial charge in [-0.3, -0.25) is 14.9 Å². The van der Waals surface area contributed by atoms with Gasteiger partial charge < -0.3 is 20.2 Å². The molecule has 34 heavy (non-hydrogen) atoms. The molecule has 1 aromatic heterocycles. The summed E-state index contributed by atoms with van der Waals surface area (Å²) >= 11 is 0. The highest BCUT2D eigenvalue weighted by Crippen LogP contribution is 2.39. The van der Waals surface area contributed by atoms with Crippen LogP contribution in [0.15, 0.2) is 24.4 Å². The summed E-state index contributed by atoms with van der Waals surface area (Å²) in [5, 5.41) is 15.8. The SMILES string of the molecule is Cc1cnc(N2CCN(C(=O)c3cc(O)c(C4(C(C)C)NC(=O)NC4=O)cc3C)CC2)c(C)c1. The van der Waals surface area contributed by atoms with E-state index in [1.807, 2.05) is 20.0 Å². The Balaban J connectivity index is 1.55. The minimum absolute atomic E-state index is 0.175. The summed E-state index contributed by atoms with van der Waals surface area (Å²) in [6.45, 7) is 11.8. The van der Waals surface area contributed by atoms with Crippen molar-refractivity contribution in [3.63, 3.8) is 0 Å². The van der Waals surface area contributed by atoms with Crippen LogP contribution in [-0.2, 0) is 10.3 Å². The number of aromatic nitrogens is 1. The maximum absolute atomic E-state index is 13.3. The first-order valence-corrected chi connectivity index (χ1v) is 11.5. The third kappa shape index (κ3) is 3.85. The molecule has 0 radical (unpaired) electrons. The molecule has 2 fully saturated rings. The maximum Gasteiger partial charge on any atom is 0.322 e. The van der Waals surface area contributed by atoms with E-state index in [9.17, 15) is 19.5 Å². The fourth-order valence-corrected chi connectivity index (χ4v) is 4.95. The molecule has 4 rings (SSSR count). The van der Waals surface area contributed by atoms with Gasteiger partial charge in [0.2, 0.25) is 0 Å². The minimum Gasteiger partial charge on any atom is -0.508 e. The predicted molar refractivity (Wildman–Crippen MR) is 128 cm³/mol. The maximum atomic E-state index is 13.3. The van der Waals surface area contributed by atoms with E-state index < -0.39 is 17.5 Å². The van der Waals surface area contributed by atoms with Crippen molar-refractivity contribution in [3.05, 3.63) is 52.2 Å². The summed E-state index contributed by atoms with van der Waals surface area (Å²) in [6, 6.07) is 4.54. The van der Waals surface area contributed by atoms with E-state index in [-0.39, 0.29) is 23.1 Å². The van der Waals surface area contributed by atoms with Gasteiger partial charge in [-0.1, -0.05) is 19.9 Å². The number of hydrogen-bond acceptors (Lipinski definition) is 6. The zero-order valence-electron chi connectivity index (χ0n) is 20.2. The van der Waals surface area contributed by atoms with Crippen LogP contribution in [0, 0.1) is 26.7 Å². The van der Waals surface area contributed by atoms with E-state index in [4.69, 9.17) is 0 Å².